The molecular formula is C9H9Cl2N. The van der Waals surface area contributed by atoms with Crippen molar-refractivity contribution in [2.45, 2.75) is 19.4 Å². The number of halogens is 2. The first kappa shape index (κ1) is 8.21. The zero-order valence-corrected chi connectivity index (χ0v) is 8.21. The lowest BCUT2D eigenvalue weighted by atomic mass is 10.1. The van der Waals surface area contributed by atoms with E-state index in [-0.39, 0.29) is 0 Å². The molecule has 0 saturated carbocycles. The predicted octanol–water partition coefficient (Wildman–Crippen LogP) is 3.35. The number of benzene rings is 1. The molecule has 12 heavy (non-hydrogen) atoms. The van der Waals surface area contributed by atoms with Crippen LogP contribution in [0.15, 0.2) is 12.1 Å². The summed E-state index contributed by atoms with van der Waals surface area (Å²) in [6.45, 7) is 2.13. The number of hydrogen-bond donors (Lipinski definition) is 1. The minimum absolute atomic E-state index is 0.468. The van der Waals surface area contributed by atoms with Crippen molar-refractivity contribution in [2.24, 2.45) is 0 Å². The van der Waals surface area contributed by atoms with Crippen molar-refractivity contribution < 1.29 is 0 Å². The van der Waals surface area contributed by atoms with Gasteiger partial charge in [-0.15, -0.1) is 0 Å². The molecule has 1 N–H and O–H groups in total. The van der Waals surface area contributed by atoms with E-state index in [0.717, 1.165) is 12.1 Å². The van der Waals surface area contributed by atoms with E-state index in [1.54, 1.807) is 0 Å². The highest BCUT2D eigenvalue weighted by atomic mass is 35.5. The van der Waals surface area contributed by atoms with E-state index in [2.05, 4.69) is 12.2 Å². The lowest BCUT2D eigenvalue weighted by Crippen LogP contribution is -2.08. The Kier molecular flexibility index (Phi) is 1.93. The van der Waals surface area contributed by atoms with Gasteiger partial charge in [0.25, 0.3) is 0 Å². The van der Waals surface area contributed by atoms with Crippen molar-refractivity contribution in [3.63, 3.8) is 0 Å². The third-order valence-electron chi connectivity index (χ3n) is 2.10. The van der Waals surface area contributed by atoms with Gasteiger partial charge in [-0.2, -0.15) is 0 Å². The fraction of sp³-hybridized carbons (Fsp3) is 0.333. The number of anilines is 1. The highest BCUT2D eigenvalue weighted by Crippen LogP contribution is 2.37. The molecule has 0 saturated heterocycles. The van der Waals surface area contributed by atoms with Crippen LogP contribution in [0, 0.1) is 0 Å². The molecule has 1 aromatic carbocycles. The van der Waals surface area contributed by atoms with E-state index in [9.17, 15) is 0 Å². The van der Waals surface area contributed by atoms with Crippen LogP contribution in [0.3, 0.4) is 0 Å². The Balaban J connectivity index is 2.54. The van der Waals surface area contributed by atoms with Crippen molar-refractivity contribution in [2.75, 3.05) is 5.32 Å². The van der Waals surface area contributed by atoms with Crippen molar-refractivity contribution in [1.29, 1.82) is 0 Å². The SMILES string of the molecule is CC1Cc2ccc(Cl)c(Cl)c2N1. The van der Waals surface area contributed by atoms with Gasteiger partial charge in [0.15, 0.2) is 0 Å². The second-order valence-electron chi connectivity index (χ2n) is 3.15. The maximum atomic E-state index is 6.01. The molecule has 0 aromatic heterocycles. The minimum atomic E-state index is 0.468. The van der Waals surface area contributed by atoms with Gasteiger partial charge in [-0.3, -0.25) is 0 Å². The molecule has 0 bridgehead atoms. The van der Waals surface area contributed by atoms with Gasteiger partial charge < -0.3 is 5.32 Å². The molecule has 3 heteroatoms. The van der Waals surface area contributed by atoms with Gasteiger partial charge >= 0.3 is 0 Å². The Labute approximate surface area is 81.7 Å². The fourth-order valence-electron chi connectivity index (χ4n) is 1.54. The Morgan fingerprint density at radius 2 is 2.17 bits per heavy atom. The molecule has 0 radical (unpaired) electrons. The monoisotopic (exact) mass is 201 g/mol. The van der Waals surface area contributed by atoms with Gasteiger partial charge in [0.2, 0.25) is 0 Å². The van der Waals surface area contributed by atoms with Crippen LogP contribution in [0.2, 0.25) is 10.0 Å². The number of fused-ring (bicyclic) bond motifs is 1. The molecule has 1 aliphatic rings. The fourth-order valence-corrected chi connectivity index (χ4v) is 1.94. The summed E-state index contributed by atoms with van der Waals surface area (Å²) in [5.41, 5.74) is 2.27. The highest BCUT2D eigenvalue weighted by molar-refractivity contribution is 6.43. The minimum Gasteiger partial charge on any atom is -0.381 e. The Hall–Kier alpha value is -0.400. The van der Waals surface area contributed by atoms with E-state index < -0.39 is 0 Å². The average Bonchev–Trinajstić information content (AvgIpc) is 2.39. The quantitative estimate of drug-likeness (QED) is 0.680. The van der Waals surface area contributed by atoms with Crippen molar-refractivity contribution in [3.05, 3.63) is 27.7 Å². The summed E-state index contributed by atoms with van der Waals surface area (Å²) >= 11 is 11.9. The van der Waals surface area contributed by atoms with Gasteiger partial charge in [0, 0.05) is 6.04 Å². The molecule has 0 spiro atoms. The van der Waals surface area contributed by atoms with Crippen LogP contribution in [0.4, 0.5) is 5.69 Å². The van der Waals surface area contributed by atoms with Crippen molar-refractivity contribution in [1.82, 2.24) is 0 Å². The van der Waals surface area contributed by atoms with E-state index in [1.165, 1.54) is 5.56 Å². The smallest absolute Gasteiger partial charge is 0.0826 e. The second-order valence-corrected chi connectivity index (χ2v) is 3.93. The Bertz CT molecular complexity index is 323. The molecule has 1 nitrogen and oxygen atoms in total. The van der Waals surface area contributed by atoms with Crippen LogP contribution in [0.5, 0.6) is 0 Å². The number of nitrogens with one attached hydrogen (secondary N) is 1. The van der Waals surface area contributed by atoms with Crippen LogP contribution in [-0.4, -0.2) is 6.04 Å². The molecule has 64 valence electrons. The van der Waals surface area contributed by atoms with Gasteiger partial charge in [-0.05, 0) is 25.0 Å². The largest absolute Gasteiger partial charge is 0.381 e. The van der Waals surface area contributed by atoms with E-state index in [1.807, 2.05) is 12.1 Å². The number of hydrogen-bond acceptors (Lipinski definition) is 1. The summed E-state index contributed by atoms with van der Waals surface area (Å²) in [4.78, 5) is 0. The molecule has 0 aliphatic carbocycles. The van der Waals surface area contributed by atoms with E-state index in [0.29, 0.717) is 16.1 Å². The molecule has 0 amide bonds. The zero-order chi connectivity index (χ0) is 8.72. The predicted molar refractivity (Wildman–Crippen MR) is 53.3 cm³/mol. The first-order valence-electron chi connectivity index (χ1n) is 3.92. The third kappa shape index (κ3) is 1.17. The number of rotatable bonds is 0. The van der Waals surface area contributed by atoms with Crippen LogP contribution in [0.25, 0.3) is 0 Å². The van der Waals surface area contributed by atoms with E-state index >= 15 is 0 Å². The molecule has 1 atom stereocenters. The normalized spacial score (nSPS) is 20.4. The highest BCUT2D eigenvalue weighted by Gasteiger charge is 2.20. The molecule has 1 aliphatic heterocycles. The van der Waals surface area contributed by atoms with Crippen LogP contribution < -0.4 is 5.32 Å². The lowest BCUT2D eigenvalue weighted by Gasteiger charge is -2.05. The molecule has 1 aromatic rings. The molecular weight excluding hydrogens is 193 g/mol. The summed E-state index contributed by atoms with van der Waals surface area (Å²) in [5, 5.41) is 4.56. The Morgan fingerprint density at radius 3 is 2.92 bits per heavy atom. The first-order valence-corrected chi connectivity index (χ1v) is 4.67. The molecule has 1 heterocycles. The molecule has 0 fully saturated rings. The maximum absolute atomic E-state index is 6.01. The zero-order valence-electron chi connectivity index (χ0n) is 6.70. The summed E-state index contributed by atoms with van der Waals surface area (Å²) in [6, 6.07) is 4.35. The Morgan fingerprint density at radius 1 is 1.42 bits per heavy atom. The van der Waals surface area contributed by atoms with Crippen LogP contribution >= 0.6 is 23.2 Å². The summed E-state index contributed by atoms with van der Waals surface area (Å²) in [6.07, 6.45) is 1.03. The summed E-state index contributed by atoms with van der Waals surface area (Å²) in [7, 11) is 0. The standard InChI is InChI=1S/C9H9Cl2N/c1-5-4-6-2-3-7(10)8(11)9(6)12-5/h2-3,5,12H,4H2,1H3. The average molecular weight is 202 g/mol. The molecule has 1 unspecified atom stereocenters. The van der Waals surface area contributed by atoms with Crippen LogP contribution in [0.1, 0.15) is 12.5 Å². The second kappa shape index (κ2) is 2.82. The lowest BCUT2D eigenvalue weighted by molar-refractivity contribution is 0.839. The summed E-state index contributed by atoms with van der Waals surface area (Å²) in [5.74, 6) is 0. The van der Waals surface area contributed by atoms with E-state index in [4.69, 9.17) is 23.2 Å². The van der Waals surface area contributed by atoms with Gasteiger partial charge in [-0.25, -0.2) is 0 Å². The van der Waals surface area contributed by atoms with Crippen LogP contribution in [-0.2, 0) is 6.42 Å². The van der Waals surface area contributed by atoms with Gasteiger partial charge in [0.1, 0.15) is 0 Å². The van der Waals surface area contributed by atoms with Gasteiger partial charge in [-0.1, -0.05) is 29.3 Å². The summed E-state index contributed by atoms with van der Waals surface area (Å²) < 4.78 is 0. The maximum Gasteiger partial charge on any atom is 0.0826 e. The first-order chi connectivity index (χ1) is 5.68. The third-order valence-corrected chi connectivity index (χ3v) is 2.90. The van der Waals surface area contributed by atoms with Gasteiger partial charge in [0.05, 0.1) is 15.7 Å². The van der Waals surface area contributed by atoms with Crippen molar-refractivity contribution >= 4 is 28.9 Å². The van der Waals surface area contributed by atoms with Crippen molar-refractivity contribution in [3.8, 4) is 0 Å². The topological polar surface area (TPSA) is 12.0 Å². The molecule has 2 rings (SSSR count).